The number of amides is 1. The van der Waals surface area contributed by atoms with Crippen LogP contribution in [0.3, 0.4) is 0 Å². The van der Waals surface area contributed by atoms with Gasteiger partial charge in [0, 0.05) is 14.9 Å². The van der Waals surface area contributed by atoms with Crippen molar-refractivity contribution in [1.82, 2.24) is 4.98 Å². The van der Waals surface area contributed by atoms with E-state index >= 15 is 0 Å². The van der Waals surface area contributed by atoms with Crippen LogP contribution in [0, 0.1) is 6.92 Å². The number of anilines is 1. The maximum atomic E-state index is 12.3. The van der Waals surface area contributed by atoms with Gasteiger partial charge in [0.1, 0.15) is 5.75 Å². The smallest absolute Gasteiger partial charge is 0.261 e. The number of phenols is 1. The van der Waals surface area contributed by atoms with Crippen molar-refractivity contribution in [3.05, 3.63) is 63.4 Å². The van der Waals surface area contributed by atoms with E-state index in [-0.39, 0.29) is 11.3 Å². The lowest BCUT2D eigenvalue weighted by atomic mass is 10.1. The number of carbonyl (C=O) groups is 1. The van der Waals surface area contributed by atoms with Crippen molar-refractivity contribution < 1.29 is 9.90 Å². The van der Waals surface area contributed by atoms with Crippen LogP contribution in [-0.4, -0.2) is 16.0 Å². The monoisotopic (exact) mass is 388 g/mol. The van der Waals surface area contributed by atoms with Gasteiger partial charge in [0.15, 0.2) is 5.13 Å². The third kappa shape index (κ3) is 3.43. The molecule has 0 radical (unpaired) electrons. The molecule has 4 nitrogen and oxygen atoms in total. The first-order valence-corrected chi connectivity index (χ1v) is 8.48. The van der Waals surface area contributed by atoms with Crippen molar-refractivity contribution in [2.45, 2.75) is 6.92 Å². The first-order chi connectivity index (χ1) is 11.0. The molecule has 0 bridgehead atoms. The van der Waals surface area contributed by atoms with Gasteiger partial charge in [-0.05, 0) is 25.1 Å². The summed E-state index contributed by atoms with van der Waals surface area (Å²) in [7, 11) is 0. The van der Waals surface area contributed by atoms with Crippen LogP contribution in [0.1, 0.15) is 15.2 Å². The van der Waals surface area contributed by atoms with E-state index in [1.807, 2.05) is 37.3 Å². The van der Waals surface area contributed by atoms with E-state index in [1.165, 1.54) is 17.4 Å². The molecule has 116 valence electrons. The Morgan fingerprint density at radius 3 is 2.70 bits per heavy atom. The molecule has 0 fully saturated rings. The van der Waals surface area contributed by atoms with E-state index in [9.17, 15) is 9.90 Å². The summed E-state index contributed by atoms with van der Waals surface area (Å²) in [6.07, 6.45) is 0. The van der Waals surface area contributed by atoms with Crippen LogP contribution in [0.4, 0.5) is 5.13 Å². The summed E-state index contributed by atoms with van der Waals surface area (Å²) < 4.78 is 0.723. The Kier molecular flexibility index (Phi) is 4.45. The molecule has 3 rings (SSSR count). The Bertz CT molecular complexity index is 862. The zero-order valence-corrected chi connectivity index (χ0v) is 14.6. The summed E-state index contributed by atoms with van der Waals surface area (Å²) in [5.41, 5.74) is 2.06. The quantitative estimate of drug-likeness (QED) is 0.674. The topological polar surface area (TPSA) is 62.2 Å². The average Bonchev–Trinajstić information content (AvgIpc) is 2.91. The van der Waals surface area contributed by atoms with Crippen molar-refractivity contribution >= 4 is 38.3 Å². The van der Waals surface area contributed by atoms with Crippen LogP contribution in [0.5, 0.6) is 5.75 Å². The number of hydrogen-bond donors (Lipinski definition) is 2. The summed E-state index contributed by atoms with van der Waals surface area (Å²) in [5, 5.41) is 13.1. The molecule has 0 atom stereocenters. The molecule has 2 aromatic carbocycles. The highest BCUT2D eigenvalue weighted by atomic mass is 79.9. The van der Waals surface area contributed by atoms with Gasteiger partial charge in [0.2, 0.25) is 0 Å². The van der Waals surface area contributed by atoms with Crippen molar-refractivity contribution in [2.75, 3.05) is 5.32 Å². The number of rotatable bonds is 3. The van der Waals surface area contributed by atoms with Crippen molar-refractivity contribution in [3.8, 4) is 17.0 Å². The van der Waals surface area contributed by atoms with Gasteiger partial charge in [-0.25, -0.2) is 4.98 Å². The molecule has 0 saturated carbocycles. The third-order valence-corrected chi connectivity index (χ3v) is 4.65. The lowest BCUT2D eigenvalue weighted by Gasteiger charge is -2.04. The number of thiazole rings is 1. The van der Waals surface area contributed by atoms with Crippen LogP contribution in [0.25, 0.3) is 11.3 Å². The Morgan fingerprint density at radius 2 is 1.96 bits per heavy atom. The molecule has 1 aromatic heterocycles. The molecule has 2 N–H and O–H groups in total. The second kappa shape index (κ2) is 6.52. The van der Waals surface area contributed by atoms with Crippen LogP contribution in [0.15, 0.2) is 53.0 Å². The number of carbonyl (C=O) groups excluding carboxylic acids is 1. The van der Waals surface area contributed by atoms with Crippen LogP contribution in [0.2, 0.25) is 0 Å². The number of phenolic OH excluding ortho intramolecular Hbond substituents is 1. The van der Waals surface area contributed by atoms with Gasteiger partial charge >= 0.3 is 0 Å². The van der Waals surface area contributed by atoms with Crippen LogP contribution >= 0.6 is 27.3 Å². The van der Waals surface area contributed by atoms with Gasteiger partial charge < -0.3 is 5.11 Å². The van der Waals surface area contributed by atoms with Gasteiger partial charge in [-0.15, -0.1) is 11.3 Å². The number of aryl methyl sites for hydroxylation is 1. The fourth-order valence-electron chi connectivity index (χ4n) is 2.17. The molecule has 0 aliphatic carbocycles. The van der Waals surface area contributed by atoms with Gasteiger partial charge in [-0.1, -0.05) is 46.3 Å². The maximum absolute atomic E-state index is 12.3. The Balaban J connectivity index is 1.87. The average molecular weight is 389 g/mol. The first-order valence-electron chi connectivity index (χ1n) is 6.87. The van der Waals surface area contributed by atoms with Crippen LogP contribution < -0.4 is 5.32 Å². The van der Waals surface area contributed by atoms with Gasteiger partial charge in [-0.3, -0.25) is 10.1 Å². The number of aromatic nitrogens is 1. The summed E-state index contributed by atoms with van der Waals surface area (Å²) in [5.74, 6) is -0.459. The zero-order valence-electron chi connectivity index (χ0n) is 12.2. The first kappa shape index (κ1) is 15.7. The molecular weight excluding hydrogens is 376 g/mol. The third-order valence-electron chi connectivity index (χ3n) is 3.27. The number of halogens is 1. The molecule has 0 spiro atoms. The summed E-state index contributed by atoms with van der Waals surface area (Å²) in [6, 6.07) is 14.5. The lowest BCUT2D eigenvalue weighted by Crippen LogP contribution is -2.11. The molecule has 0 unspecified atom stereocenters. The zero-order chi connectivity index (χ0) is 16.4. The normalized spacial score (nSPS) is 10.5. The van der Waals surface area contributed by atoms with E-state index in [0.717, 1.165) is 20.6 Å². The number of nitrogens with zero attached hydrogens (tertiary/aromatic N) is 1. The van der Waals surface area contributed by atoms with Gasteiger partial charge in [-0.2, -0.15) is 0 Å². The van der Waals surface area contributed by atoms with Gasteiger partial charge in [0.05, 0.1) is 11.3 Å². The molecule has 0 saturated heterocycles. The molecule has 3 aromatic rings. The molecular formula is C17H13BrN2O2S. The number of nitrogens with one attached hydrogen (secondary N) is 1. The summed E-state index contributed by atoms with van der Waals surface area (Å²) >= 11 is 4.70. The maximum Gasteiger partial charge on any atom is 0.261 e. The fraction of sp³-hybridized carbons (Fsp3) is 0.0588. The summed E-state index contributed by atoms with van der Waals surface area (Å²) in [4.78, 5) is 17.8. The van der Waals surface area contributed by atoms with E-state index in [2.05, 4.69) is 26.2 Å². The molecule has 0 aliphatic heterocycles. The highest BCUT2D eigenvalue weighted by molar-refractivity contribution is 9.10. The van der Waals surface area contributed by atoms with Crippen molar-refractivity contribution in [3.63, 3.8) is 0 Å². The minimum absolute atomic E-state index is 0.0674. The largest absolute Gasteiger partial charge is 0.507 e. The van der Waals surface area contributed by atoms with E-state index in [0.29, 0.717) is 5.13 Å². The molecule has 23 heavy (non-hydrogen) atoms. The van der Waals surface area contributed by atoms with Crippen LogP contribution in [-0.2, 0) is 0 Å². The minimum Gasteiger partial charge on any atom is -0.507 e. The SMILES string of the molecule is Cc1sc(NC(=O)c2cc(Br)ccc2O)nc1-c1ccccc1. The summed E-state index contributed by atoms with van der Waals surface area (Å²) in [6.45, 7) is 1.96. The highest BCUT2D eigenvalue weighted by Crippen LogP contribution is 2.31. The number of hydrogen-bond acceptors (Lipinski definition) is 4. The Hall–Kier alpha value is -2.18. The van der Waals surface area contributed by atoms with Crippen molar-refractivity contribution in [1.29, 1.82) is 0 Å². The molecule has 0 aliphatic rings. The molecule has 1 heterocycles. The number of benzene rings is 2. The van der Waals surface area contributed by atoms with E-state index < -0.39 is 5.91 Å². The van der Waals surface area contributed by atoms with Crippen molar-refractivity contribution in [2.24, 2.45) is 0 Å². The second-order valence-electron chi connectivity index (χ2n) is 4.91. The predicted octanol–water partition coefficient (Wildman–Crippen LogP) is 4.84. The second-order valence-corrected chi connectivity index (χ2v) is 7.02. The molecule has 1 amide bonds. The standard InChI is InChI=1S/C17H13BrN2O2S/c1-10-15(11-5-3-2-4-6-11)19-17(23-10)20-16(22)13-9-12(18)7-8-14(13)21/h2-9,21H,1H3,(H,19,20,22). The van der Waals surface area contributed by atoms with Gasteiger partial charge in [0.25, 0.3) is 5.91 Å². The highest BCUT2D eigenvalue weighted by Gasteiger charge is 2.15. The Morgan fingerprint density at radius 1 is 1.22 bits per heavy atom. The molecule has 6 heteroatoms. The minimum atomic E-state index is -0.392. The lowest BCUT2D eigenvalue weighted by molar-refractivity contribution is 0.102. The fourth-order valence-corrected chi connectivity index (χ4v) is 3.36. The van der Waals surface area contributed by atoms with E-state index in [1.54, 1.807) is 12.1 Å². The Labute approximate surface area is 146 Å². The predicted molar refractivity (Wildman–Crippen MR) is 96.0 cm³/mol. The number of aromatic hydroxyl groups is 1. The van der Waals surface area contributed by atoms with E-state index in [4.69, 9.17) is 0 Å².